The maximum atomic E-state index is 12.4. The van der Waals surface area contributed by atoms with Gasteiger partial charge in [0, 0.05) is 13.0 Å². The molecular formula is C4H5F4NO2S. The number of hydrogen-bond donors (Lipinski definition) is 1. The van der Waals surface area contributed by atoms with Gasteiger partial charge in [0.2, 0.25) is 0 Å². The van der Waals surface area contributed by atoms with Gasteiger partial charge >= 0.3 is 11.2 Å². The van der Waals surface area contributed by atoms with Crippen molar-refractivity contribution in [3.05, 3.63) is 0 Å². The quantitative estimate of drug-likeness (QED) is 0.589. The first-order valence-electron chi connectivity index (χ1n) is 2.95. The Morgan fingerprint density at radius 2 is 1.67 bits per heavy atom. The van der Waals surface area contributed by atoms with E-state index in [0.717, 1.165) is 0 Å². The standard InChI is InChI=1S/C4H5F4NO2S/c5-3(6)1-2-9-12(10,11)4(3,7)8/h9H,1-2H2. The largest absolute Gasteiger partial charge is 0.420 e. The van der Waals surface area contributed by atoms with E-state index >= 15 is 0 Å². The third kappa shape index (κ3) is 1.09. The van der Waals surface area contributed by atoms with Gasteiger partial charge in [0.1, 0.15) is 0 Å². The molecule has 1 fully saturated rings. The van der Waals surface area contributed by atoms with Crippen LogP contribution in [0.2, 0.25) is 0 Å². The van der Waals surface area contributed by atoms with Crippen molar-refractivity contribution in [2.45, 2.75) is 17.6 Å². The second kappa shape index (κ2) is 2.32. The number of hydrogen-bond acceptors (Lipinski definition) is 2. The van der Waals surface area contributed by atoms with Crippen LogP contribution in [0.1, 0.15) is 6.42 Å². The van der Waals surface area contributed by atoms with E-state index in [0.29, 0.717) is 0 Å². The van der Waals surface area contributed by atoms with Crippen molar-refractivity contribution in [1.82, 2.24) is 4.72 Å². The summed E-state index contributed by atoms with van der Waals surface area (Å²) in [5.41, 5.74) is 0. The lowest BCUT2D eigenvalue weighted by molar-refractivity contribution is -0.165. The van der Waals surface area contributed by atoms with Crippen molar-refractivity contribution in [2.75, 3.05) is 6.54 Å². The molecule has 0 radical (unpaired) electrons. The van der Waals surface area contributed by atoms with Crippen LogP contribution in [0, 0.1) is 0 Å². The van der Waals surface area contributed by atoms with Crippen molar-refractivity contribution in [2.24, 2.45) is 0 Å². The Labute approximate surface area is 65.8 Å². The number of sulfonamides is 1. The monoisotopic (exact) mass is 207 g/mol. The summed E-state index contributed by atoms with van der Waals surface area (Å²) < 4.78 is 71.4. The van der Waals surface area contributed by atoms with Gasteiger partial charge in [-0.05, 0) is 0 Å². The maximum absolute atomic E-state index is 12.4. The fourth-order valence-electron chi connectivity index (χ4n) is 0.775. The first-order chi connectivity index (χ1) is 5.21. The van der Waals surface area contributed by atoms with Crippen molar-refractivity contribution < 1.29 is 26.0 Å². The molecule has 0 atom stereocenters. The lowest BCUT2D eigenvalue weighted by Gasteiger charge is -2.30. The Hall–Kier alpha value is -0.370. The number of alkyl halides is 4. The fraction of sp³-hybridized carbons (Fsp3) is 1.00. The van der Waals surface area contributed by atoms with E-state index in [4.69, 9.17) is 0 Å². The molecule has 0 aromatic rings. The summed E-state index contributed by atoms with van der Waals surface area (Å²) in [7, 11) is -5.20. The van der Waals surface area contributed by atoms with E-state index in [1.165, 1.54) is 4.72 Å². The minimum Gasteiger partial charge on any atom is -0.210 e. The number of halogens is 4. The summed E-state index contributed by atoms with van der Waals surface area (Å²) in [6.07, 6.45) is -1.18. The predicted molar refractivity (Wildman–Crippen MR) is 31.4 cm³/mol. The molecule has 0 bridgehead atoms. The molecule has 3 nitrogen and oxygen atoms in total. The molecule has 1 N–H and O–H groups in total. The Balaban J connectivity index is 3.16. The van der Waals surface area contributed by atoms with E-state index in [9.17, 15) is 26.0 Å². The maximum Gasteiger partial charge on any atom is 0.420 e. The molecular weight excluding hydrogens is 202 g/mol. The van der Waals surface area contributed by atoms with Crippen LogP contribution in [0.25, 0.3) is 0 Å². The minimum atomic E-state index is -5.20. The lowest BCUT2D eigenvalue weighted by Crippen LogP contribution is -2.57. The molecule has 1 saturated heterocycles. The Bertz CT molecular complexity index is 285. The Morgan fingerprint density at radius 3 is 2.00 bits per heavy atom. The molecule has 0 spiro atoms. The van der Waals surface area contributed by atoms with Gasteiger partial charge in [0.05, 0.1) is 0 Å². The van der Waals surface area contributed by atoms with Crippen LogP contribution in [-0.2, 0) is 10.0 Å². The zero-order valence-corrected chi connectivity index (χ0v) is 6.47. The van der Waals surface area contributed by atoms with Crippen molar-refractivity contribution >= 4 is 10.0 Å². The van der Waals surface area contributed by atoms with Crippen LogP contribution in [0.15, 0.2) is 0 Å². The highest BCUT2D eigenvalue weighted by atomic mass is 32.2. The third-order valence-electron chi connectivity index (χ3n) is 1.49. The molecule has 0 aromatic heterocycles. The molecule has 0 unspecified atom stereocenters. The molecule has 0 amide bonds. The van der Waals surface area contributed by atoms with Crippen LogP contribution in [-0.4, -0.2) is 26.1 Å². The molecule has 8 heteroatoms. The second-order valence-electron chi connectivity index (χ2n) is 2.37. The van der Waals surface area contributed by atoms with Crippen LogP contribution >= 0.6 is 0 Å². The van der Waals surface area contributed by atoms with Gasteiger partial charge in [0.25, 0.3) is 10.0 Å². The highest BCUT2D eigenvalue weighted by Crippen LogP contribution is 2.42. The highest BCUT2D eigenvalue weighted by molar-refractivity contribution is 7.90. The van der Waals surface area contributed by atoms with Gasteiger partial charge in [-0.2, -0.15) is 17.6 Å². The molecule has 72 valence electrons. The van der Waals surface area contributed by atoms with Gasteiger partial charge in [-0.1, -0.05) is 0 Å². The Kier molecular flexibility index (Phi) is 1.88. The first-order valence-corrected chi connectivity index (χ1v) is 4.44. The second-order valence-corrected chi connectivity index (χ2v) is 4.18. The summed E-state index contributed by atoms with van der Waals surface area (Å²) in [6.45, 7) is -0.662. The minimum absolute atomic E-state index is 0.662. The van der Waals surface area contributed by atoms with E-state index < -0.39 is 34.2 Å². The van der Waals surface area contributed by atoms with Gasteiger partial charge < -0.3 is 0 Å². The summed E-state index contributed by atoms with van der Waals surface area (Å²) >= 11 is 0. The normalized spacial score (nSPS) is 31.3. The van der Waals surface area contributed by atoms with Crippen LogP contribution < -0.4 is 4.72 Å². The summed E-state index contributed by atoms with van der Waals surface area (Å²) in [5, 5.41) is -5.00. The van der Waals surface area contributed by atoms with Crippen molar-refractivity contribution in [3.63, 3.8) is 0 Å². The molecule has 0 aromatic carbocycles. The molecule has 1 aliphatic heterocycles. The summed E-state index contributed by atoms with van der Waals surface area (Å²) in [4.78, 5) is 0. The van der Waals surface area contributed by atoms with Crippen LogP contribution in [0.5, 0.6) is 0 Å². The summed E-state index contributed by atoms with van der Waals surface area (Å²) in [6, 6.07) is 0. The fourth-order valence-corrected chi connectivity index (χ4v) is 1.82. The van der Waals surface area contributed by atoms with E-state index in [1.54, 1.807) is 0 Å². The van der Waals surface area contributed by atoms with E-state index in [2.05, 4.69) is 0 Å². The molecule has 0 saturated carbocycles. The zero-order valence-electron chi connectivity index (χ0n) is 5.65. The smallest absolute Gasteiger partial charge is 0.210 e. The first kappa shape index (κ1) is 9.72. The number of rotatable bonds is 0. The Morgan fingerprint density at radius 1 is 1.17 bits per heavy atom. The van der Waals surface area contributed by atoms with Crippen molar-refractivity contribution in [3.8, 4) is 0 Å². The molecule has 1 rings (SSSR count). The SMILES string of the molecule is O=S1(=O)NCCC(F)(F)C1(F)F. The van der Waals surface area contributed by atoms with Gasteiger partial charge in [-0.25, -0.2) is 13.1 Å². The van der Waals surface area contributed by atoms with Crippen LogP contribution in [0.4, 0.5) is 17.6 Å². The molecule has 12 heavy (non-hydrogen) atoms. The van der Waals surface area contributed by atoms with E-state index in [-0.39, 0.29) is 0 Å². The van der Waals surface area contributed by atoms with Gasteiger partial charge in [-0.3, -0.25) is 0 Å². The lowest BCUT2D eigenvalue weighted by atomic mass is 10.2. The number of nitrogens with one attached hydrogen (secondary N) is 1. The average molecular weight is 207 g/mol. The third-order valence-corrected chi connectivity index (χ3v) is 3.05. The topological polar surface area (TPSA) is 46.2 Å². The van der Waals surface area contributed by atoms with Crippen molar-refractivity contribution in [1.29, 1.82) is 0 Å². The highest BCUT2D eigenvalue weighted by Gasteiger charge is 2.67. The van der Waals surface area contributed by atoms with Gasteiger partial charge in [-0.15, -0.1) is 0 Å². The van der Waals surface area contributed by atoms with Crippen LogP contribution in [0.3, 0.4) is 0 Å². The average Bonchev–Trinajstić information content (AvgIpc) is 1.83. The molecule has 0 aliphatic carbocycles. The van der Waals surface area contributed by atoms with Gasteiger partial charge in [0.15, 0.2) is 0 Å². The molecule has 1 heterocycles. The predicted octanol–water partition coefficient (Wildman–Crippen LogP) is 0.538. The van der Waals surface area contributed by atoms with E-state index in [1.807, 2.05) is 0 Å². The zero-order chi connectivity index (χ0) is 9.62. The molecule has 1 aliphatic rings. The summed E-state index contributed by atoms with van der Waals surface area (Å²) in [5.74, 6) is -4.48.